The van der Waals surface area contributed by atoms with Gasteiger partial charge in [0.15, 0.2) is 5.82 Å². The lowest BCUT2D eigenvalue weighted by atomic mass is 10.0. The lowest BCUT2D eigenvalue weighted by molar-refractivity contribution is -0.143. The highest BCUT2D eigenvalue weighted by molar-refractivity contribution is 5.92. The Labute approximate surface area is 183 Å². The number of likely N-dealkylation sites (N-methyl/N-ethyl adjacent to an activating group) is 1. The number of hydrogen-bond donors (Lipinski definition) is 1. The Morgan fingerprint density at radius 2 is 1.73 bits per heavy atom. The average Bonchev–Trinajstić information content (AvgIpc) is 3.32. The summed E-state index contributed by atoms with van der Waals surface area (Å²) in [5.41, 5.74) is -1.09. The molecule has 0 bridgehead atoms. The third-order valence-corrected chi connectivity index (χ3v) is 4.81. The van der Waals surface area contributed by atoms with Crippen LogP contribution in [0, 0.1) is 0 Å². The van der Waals surface area contributed by atoms with E-state index in [2.05, 4.69) is 15.5 Å². The number of halogens is 6. The van der Waals surface area contributed by atoms with Crippen LogP contribution in [0.4, 0.5) is 26.3 Å². The van der Waals surface area contributed by atoms with E-state index in [1.807, 2.05) is 4.90 Å². The van der Waals surface area contributed by atoms with E-state index in [4.69, 9.17) is 0 Å². The van der Waals surface area contributed by atoms with Crippen LogP contribution < -0.4 is 5.43 Å². The van der Waals surface area contributed by atoms with Gasteiger partial charge in [-0.3, -0.25) is 20.0 Å². The number of hydrazine groups is 1. The van der Waals surface area contributed by atoms with Crippen LogP contribution in [-0.2, 0) is 21.9 Å². The van der Waals surface area contributed by atoms with Gasteiger partial charge in [0.25, 0.3) is 5.91 Å². The second kappa shape index (κ2) is 8.84. The molecular weight excluding hydrogens is 458 g/mol. The largest absolute Gasteiger partial charge is 0.416 e. The molecule has 1 unspecified atom stereocenters. The molecule has 0 radical (unpaired) electrons. The fraction of sp³-hybridized carbons (Fsp3) is 0.368. The monoisotopic (exact) mass is 476 g/mol. The summed E-state index contributed by atoms with van der Waals surface area (Å²) in [6.45, 7) is 0.288. The minimum atomic E-state index is -5.00. The van der Waals surface area contributed by atoms with Crippen molar-refractivity contribution < 1.29 is 35.9 Å². The Balaban J connectivity index is 1.75. The predicted molar refractivity (Wildman–Crippen MR) is 103 cm³/mol. The summed E-state index contributed by atoms with van der Waals surface area (Å²) in [7, 11) is 3.60. The van der Waals surface area contributed by atoms with Gasteiger partial charge in [-0.1, -0.05) is 0 Å². The van der Waals surface area contributed by atoms with Crippen molar-refractivity contribution in [1.82, 2.24) is 30.1 Å². The summed E-state index contributed by atoms with van der Waals surface area (Å²) in [5.74, 6) is -1.36. The molecular formula is C19H18F6N6O2. The smallest absolute Gasteiger partial charge is 0.304 e. The molecule has 0 saturated carbocycles. The first kappa shape index (κ1) is 24.2. The van der Waals surface area contributed by atoms with E-state index >= 15 is 0 Å². The number of nitrogens with zero attached hydrogens (tertiary/aromatic N) is 5. The standard InChI is InChI=1S/C19H18F6N6O2/c1-29(2)14-8-16(33)31(9-14)27-15(32)3-4-30-10-26-17(28-30)11-5-12(18(20,21)22)7-13(6-11)19(23,24)25/h3-7,10,14H,8-9H2,1-2H3,(H,27,32)/b4-3-. The normalized spacial score (nSPS) is 17.4. The highest BCUT2D eigenvalue weighted by atomic mass is 19.4. The molecule has 1 N–H and O–H groups in total. The fourth-order valence-corrected chi connectivity index (χ4v) is 3.02. The van der Waals surface area contributed by atoms with E-state index < -0.39 is 40.8 Å². The van der Waals surface area contributed by atoms with Crippen LogP contribution in [0.1, 0.15) is 17.5 Å². The molecule has 1 aromatic heterocycles. The van der Waals surface area contributed by atoms with Crippen molar-refractivity contribution in [3.63, 3.8) is 0 Å². The van der Waals surface area contributed by atoms with Gasteiger partial charge in [0.1, 0.15) is 6.33 Å². The highest BCUT2D eigenvalue weighted by Gasteiger charge is 2.37. The molecule has 0 aliphatic carbocycles. The van der Waals surface area contributed by atoms with Crippen molar-refractivity contribution in [2.75, 3.05) is 20.6 Å². The maximum absolute atomic E-state index is 13.0. The van der Waals surface area contributed by atoms with Crippen LogP contribution in [0.5, 0.6) is 0 Å². The van der Waals surface area contributed by atoms with E-state index in [9.17, 15) is 35.9 Å². The lowest BCUT2D eigenvalue weighted by Crippen LogP contribution is -2.43. The molecule has 0 spiro atoms. The molecule has 2 aromatic rings. The molecule has 1 atom stereocenters. The molecule has 1 fully saturated rings. The van der Waals surface area contributed by atoms with E-state index in [1.165, 1.54) is 0 Å². The quantitative estimate of drug-likeness (QED) is 0.530. The van der Waals surface area contributed by atoms with E-state index in [-0.39, 0.29) is 31.0 Å². The summed E-state index contributed by atoms with van der Waals surface area (Å²) >= 11 is 0. The van der Waals surface area contributed by atoms with Gasteiger partial charge in [0, 0.05) is 30.3 Å². The zero-order valence-corrected chi connectivity index (χ0v) is 17.3. The summed E-state index contributed by atoms with van der Waals surface area (Å²) in [6.07, 6.45) is -6.68. The van der Waals surface area contributed by atoms with E-state index in [0.29, 0.717) is 12.1 Å². The topological polar surface area (TPSA) is 83.4 Å². The minimum absolute atomic E-state index is 0.00520. The van der Waals surface area contributed by atoms with E-state index in [0.717, 1.165) is 28.3 Å². The Bertz CT molecular complexity index is 1040. The van der Waals surface area contributed by atoms with Crippen LogP contribution >= 0.6 is 0 Å². The van der Waals surface area contributed by atoms with Gasteiger partial charge in [-0.25, -0.2) is 9.67 Å². The Morgan fingerprint density at radius 1 is 1.12 bits per heavy atom. The van der Waals surface area contributed by atoms with Crippen molar-refractivity contribution in [2.45, 2.75) is 24.8 Å². The van der Waals surface area contributed by atoms with Crippen LogP contribution in [0.25, 0.3) is 17.6 Å². The van der Waals surface area contributed by atoms with Crippen LogP contribution in [-0.4, -0.2) is 63.2 Å². The number of carbonyl (C=O) groups excluding carboxylic acids is 2. The van der Waals surface area contributed by atoms with Gasteiger partial charge in [-0.15, -0.1) is 5.10 Å². The van der Waals surface area contributed by atoms with Gasteiger partial charge < -0.3 is 4.90 Å². The zero-order chi connectivity index (χ0) is 24.6. The first-order chi connectivity index (χ1) is 15.2. The van der Waals surface area contributed by atoms with Crippen LogP contribution in [0.2, 0.25) is 0 Å². The first-order valence-electron chi connectivity index (χ1n) is 9.40. The van der Waals surface area contributed by atoms with Gasteiger partial charge >= 0.3 is 12.4 Å². The zero-order valence-electron chi connectivity index (χ0n) is 17.3. The Kier molecular flexibility index (Phi) is 6.49. The number of nitrogens with one attached hydrogen (secondary N) is 1. The average molecular weight is 476 g/mol. The second-order valence-corrected chi connectivity index (χ2v) is 7.46. The maximum Gasteiger partial charge on any atom is 0.416 e. The van der Waals surface area contributed by atoms with Crippen molar-refractivity contribution in [2.24, 2.45) is 0 Å². The predicted octanol–water partition coefficient (Wildman–Crippen LogP) is 2.65. The SMILES string of the molecule is CN(C)C1CC(=O)N(NC(=O)/C=C\n2cnc(-c3cc(C(F)(F)F)cc(C(F)(F)F)c3)n2)C1. The van der Waals surface area contributed by atoms with Crippen molar-refractivity contribution >= 4 is 18.0 Å². The maximum atomic E-state index is 13.0. The highest BCUT2D eigenvalue weighted by Crippen LogP contribution is 2.38. The van der Waals surface area contributed by atoms with Gasteiger partial charge in [0.2, 0.25) is 5.91 Å². The summed E-state index contributed by atoms with van der Waals surface area (Å²) in [6, 6.07) is 0.955. The summed E-state index contributed by atoms with van der Waals surface area (Å²) < 4.78 is 79.1. The van der Waals surface area contributed by atoms with Crippen molar-refractivity contribution in [3.8, 4) is 11.4 Å². The molecule has 33 heavy (non-hydrogen) atoms. The fourth-order valence-electron chi connectivity index (χ4n) is 3.02. The number of aromatic nitrogens is 3. The molecule has 2 amide bonds. The van der Waals surface area contributed by atoms with Crippen molar-refractivity contribution in [3.05, 3.63) is 41.7 Å². The molecule has 3 rings (SSSR count). The van der Waals surface area contributed by atoms with Gasteiger partial charge in [-0.05, 0) is 32.3 Å². The minimum Gasteiger partial charge on any atom is -0.304 e. The van der Waals surface area contributed by atoms with Crippen LogP contribution in [0.15, 0.2) is 30.6 Å². The Hall–Kier alpha value is -3.42. The molecule has 178 valence electrons. The number of hydrogen-bond acceptors (Lipinski definition) is 5. The molecule has 2 heterocycles. The molecule has 8 nitrogen and oxygen atoms in total. The number of rotatable bonds is 5. The second-order valence-electron chi connectivity index (χ2n) is 7.46. The third kappa shape index (κ3) is 5.88. The van der Waals surface area contributed by atoms with Gasteiger partial charge in [-0.2, -0.15) is 26.3 Å². The van der Waals surface area contributed by atoms with Gasteiger partial charge in [0.05, 0.1) is 17.7 Å². The third-order valence-electron chi connectivity index (χ3n) is 4.81. The number of alkyl halides is 6. The number of carbonyl (C=O) groups is 2. The van der Waals surface area contributed by atoms with Crippen LogP contribution in [0.3, 0.4) is 0 Å². The molecule has 1 aliphatic rings. The number of amides is 2. The summed E-state index contributed by atoms with van der Waals surface area (Å²) in [4.78, 5) is 29.6. The van der Waals surface area contributed by atoms with E-state index in [1.54, 1.807) is 14.1 Å². The summed E-state index contributed by atoms with van der Waals surface area (Å²) in [5, 5.41) is 4.96. The first-order valence-corrected chi connectivity index (χ1v) is 9.40. The lowest BCUT2D eigenvalue weighted by Gasteiger charge is -2.19. The molecule has 1 aromatic carbocycles. The molecule has 1 saturated heterocycles. The molecule has 14 heteroatoms. The Morgan fingerprint density at radius 3 is 2.24 bits per heavy atom. The molecule has 1 aliphatic heterocycles. The number of benzene rings is 1. The van der Waals surface area contributed by atoms with Crippen molar-refractivity contribution in [1.29, 1.82) is 0 Å².